The van der Waals surface area contributed by atoms with Gasteiger partial charge in [-0.1, -0.05) is 18.0 Å². The summed E-state index contributed by atoms with van der Waals surface area (Å²) in [6.07, 6.45) is 5.73. The van der Waals surface area contributed by atoms with Crippen LogP contribution in [0.5, 0.6) is 0 Å². The number of aromatic amines is 1. The lowest BCUT2D eigenvalue weighted by Crippen LogP contribution is -2.34. The van der Waals surface area contributed by atoms with E-state index in [1.165, 1.54) is 0 Å². The van der Waals surface area contributed by atoms with Crippen molar-refractivity contribution in [1.29, 1.82) is 0 Å². The van der Waals surface area contributed by atoms with E-state index in [-0.39, 0.29) is 0 Å². The SMILES string of the molecule is Cc1[nH]nc2ncc(-c3nc(C4(N)CCCC4)no3)cc12. The summed E-state index contributed by atoms with van der Waals surface area (Å²) in [5, 5.41) is 12.1. The van der Waals surface area contributed by atoms with E-state index in [4.69, 9.17) is 10.3 Å². The van der Waals surface area contributed by atoms with Crippen LogP contribution in [-0.4, -0.2) is 25.3 Å². The minimum Gasteiger partial charge on any atom is -0.334 e. The molecule has 108 valence electrons. The molecule has 1 aliphatic rings. The zero-order valence-corrected chi connectivity index (χ0v) is 11.8. The number of aromatic nitrogens is 5. The number of nitrogens with one attached hydrogen (secondary N) is 1. The van der Waals surface area contributed by atoms with Gasteiger partial charge < -0.3 is 10.3 Å². The second-order valence-corrected chi connectivity index (χ2v) is 5.73. The Morgan fingerprint density at radius 2 is 2.14 bits per heavy atom. The summed E-state index contributed by atoms with van der Waals surface area (Å²) >= 11 is 0. The highest BCUT2D eigenvalue weighted by atomic mass is 16.5. The maximum absolute atomic E-state index is 6.35. The van der Waals surface area contributed by atoms with E-state index < -0.39 is 5.54 Å². The lowest BCUT2D eigenvalue weighted by Gasteiger charge is -2.17. The minimum absolute atomic E-state index is 0.440. The number of nitrogens with zero attached hydrogens (tertiary/aromatic N) is 4. The quantitative estimate of drug-likeness (QED) is 0.745. The Morgan fingerprint density at radius 3 is 2.95 bits per heavy atom. The summed E-state index contributed by atoms with van der Waals surface area (Å²) in [5.74, 6) is 1.05. The van der Waals surface area contributed by atoms with Crippen molar-refractivity contribution in [3.63, 3.8) is 0 Å². The highest BCUT2D eigenvalue weighted by Gasteiger charge is 2.36. The average Bonchev–Trinajstić information content (AvgIpc) is 3.20. The van der Waals surface area contributed by atoms with Crippen molar-refractivity contribution in [1.82, 2.24) is 25.3 Å². The van der Waals surface area contributed by atoms with Gasteiger partial charge in [0.15, 0.2) is 11.5 Å². The molecule has 0 bridgehead atoms. The van der Waals surface area contributed by atoms with Crippen LogP contribution < -0.4 is 5.73 Å². The molecule has 4 rings (SSSR count). The fraction of sp³-hybridized carbons (Fsp3) is 0.429. The van der Waals surface area contributed by atoms with Gasteiger partial charge in [0.25, 0.3) is 5.89 Å². The Balaban J connectivity index is 1.75. The highest BCUT2D eigenvalue weighted by Crippen LogP contribution is 2.35. The summed E-state index contributed by atoms with van der Waals surface area (Å²) in [6.45, 7) is 1.95. The van der Waals surface area contributed by atoms with Gasteiger partial charge in [-0.15, -0.1) is 0 Å². The molecule has 0 saturated heterocycles. The van der Waals surface area contributed by atoms with Crippen LogP contribution in [0, 0.1) is 6.92 Å². The first-order valence-corrected chi connectivity index (χ1v) is 7.10. The Bertz CT molecular complexity index is 799. The Kier molecular flexibility index (Phi) is 2.58. The van der Waals surface area contributed by atoms with Gasteiger partial charge in [-0.2, -0.15) is 10.1 Å². The van der Waals surface area contributed by atoms with Crippen LogP contribution in [-0.2, 0) is 5.54 Å². The Labute approximate surface area is 120 Å². The molecule has 3 aromatic heterocycles. The zero-order valence-electron chi connectivity index (χ0n) is 11.8. The molecule has 0 amide bonds. The monoisotopic (exact) mass is 284 g/mol. The van der Waals surface area contributed by atoms with Crippen LogP contribution in [0.1, 0.15) is 37.2 Å². The fourth-order valence-corrected chi connectivity index (χ4v) is 2.91. The second-order valence-electron chi connectivity index (χ2n) is 5.73. The van der Waals surface area contributed by atoms with Crippen LogP contribution in [0.3, 0.4) is 0 Å². The van der Waals surface area contributed by atoms with Crippen LogP contribution in [0.4, 0.5) is 0 Å². The maximum Gasteiger partial charge on any atom is 0.259 e. The summed E-state index contributed by atoms with van der Waals surface area (Å²) < 4.78 is 5.38. The first-order chi connectivity index (χ1) is 10.2. The van der Waals surface area contributed by atoms with Crippen molar-refractivity contribution < 1.29 is 4.52 Å². The van der Waals surface area contributed by atoms with E-state index in [2.05, 4.69) is 25.3 Å². The van der Waals surface area contributed by atoms with E-state index in [0.717, 1.165) is 42.3 Å². The number of pyridine rings is 1. The molecular formula is C14H16N6O. The molecule has 0 atom stereocenters. The molecule has 1 saturated carbocycles. The van der Waals surface area contributed by atoms with Crippen molar-refractivity contribution in [3.05, 3.63) is 23.8 Å². The number of aryl methyl sites for hydroxylation is 1. The van der Waals surface area contributed by atoms with Gasteiger partial charge in [-0.05, 0) is 25.8 Å². The third-order valence-electron chi connectivity index (χ3n) is 4.21. The molecule has 3 heterocycles. The molecule has 0 unspecified atom stereocenters. The molecule has 7 nitrogen and oxygen atoms in total. The van der Waals surface area contributed by atoms with Crippen molar-refractivity contribution in [3.8, 4) is 11.5 Å². The first-order valence-electron chi connectivity index (χ1n) is 7.10. The van der Waals surface area contributed by atoms with Crippen molar-refractivity contribution in [2.24, 2.45) is 5.73 Å². The zero-order chi connectivity index (χ0) is 14.4. The van der Waals surface area contributed by atoms with E-state index in [1.807, 2.05) is 13.0 Å². The predicted octanol–water partition coefficient (Wildman–Crippen LogP) is 2.04. The molecule has 0 spiro atoms. The average molecular weight is 284 g/mol. The molecule has 3 aromatic rings. The van der Waals surface area contributed by atoms with Crippen LogP contribution in [0.15, 0.2) is 16.8 Å². The highest BCUT2D eigenvalue weighted by molar-refractivity contribution is 5.81. The normalized spacial score (nSPS) is 17.6. The van der Waals surface area contributed by atoms with Gasteiger partial charge in [-0.3, -0.25) is 5.10 Å². The van der Waals surface area contributed by atoms with Gasteiger partial charge in [-0.25, -0.2) is 4.98 Å². The van der Waals surface area contributed by atoms with Gasteiger partial charge in [0.1, 0.15) is 0 Å². The lowest BCUT2D eigenvalue weighted by atomic mass is 9.99. The minimum atomic E-state index is -0.440. The number of nitrogens with two attached hydrogens (primary N) is 1. The number of fused-ring (bicyclic) bond motifs is 1. The van der Waals surface area contributed by atoms with Crippen molar-refractivity contribution in [2.75, 3.05) is 0 Å². The third kappa shape index (κ3) is 1.92. The molecule has 0 radical (unpaired) electrons. The molecule has 1 aliphatic carbocycles. The van der Waals surface area contributed by atoms with Crippen molar-refractivity contribution in [2.45, 2.75) is 38.1 Å². The first kappa shape index (κ1) is 12.5. The summed E-state index contributed by atoms with van der Waals surface area (Å²) in [5.41, 5.74) is 8.34. The van der Waals surface area contributed by atoms with E-state index in [9.17, 15) is 0 Å². The Hall–Kier alpha value is -2.28. The molecular weight excluding hydrogens is 268 g/mol. The number of hydrogen-bond donors (Lipinski definition) is 2. The van der Waals surface area contributed by atoms with Gasteiger partial charge >= 0.3 is 0 Å². The largest absolute Gasteiger partial charge is 0.334 e. The molecule has 3 N–H and O–H groups in total. The molecule has 0 aliphatic heterocycles. The fourth-order valence-electron chi connectivity index (χ4n) is 2.91. The lowest BCUT2D eigenvalue weighted by molar-refractivity contribution is 0.372. The number of hydrogen-bond acceptors (Lipinski definition) is 6. The number of rotatable bonds is 2. The summed E-state index contributed by atoms with van der Waals surface area (Å²) in [4.78, 5) is 8.78. The van der Waals surface area contributed by atoms with Crippen molar-refractivity contribution >= 4 is 11.0 Å². The Morgan fingerprint density at radius 1 is 1.33 bits per heavy atom. The van der Waals surface area contributed by atoms with Gasteiger partial charge in [0.2, 0.25) is 0 Å². The van der Waals surface area contributed by atoms with Gasteiger partial charge in [0, 0.05) is 17.3 Å². The van der Waals surface area contributed by atoms with E-state index >= 15 is 0 Å². The topological polar surface area (TPSA) is 107 Å². The summed E-state index contributed by atoms with van der Waals surface area (Å²) in [7, 11) is 0. The van der Waals surface area contributed by atoms with Gasteiger partial charge in [0.05, 0.1) is 11.1 Å². The molecule has 7 heteroatoms. The second kappa shape index (κ2) is 4.36. The predicted molar refractivity (Wildman–Crippen MR) is 76.3 cm³/mol. The smallest absolute Gasteiger partial charge is 0.259 e. The van der Waals surface area contributed by atoms with E-state index in [0.29, 0.717) is 17.4 Å². The third-order valence-corrected chi connectivity index (χ3v) is 4.21. The molecule has 1 fully saturated rings. The van der Waals surface area contributed by atoms with E-state index in [1.54, 1.807) is 6.20 Å². The summed E-state index contributed by atoms with van der Waals surface area (Å²) in [6, 6.07) is 1.95. The number of H-pyrrole nitrogens is 1. The van der Waals surface area contributed by atoms with Crippen LogP contribution >= 0.6 is 0 Å². The maximum atomic E-state index is 6.35. The molecule has 21 heavy (non-hydrogen) atoms. The van der Waals surface area contributed by atoms with Crippen LogP contribution in [0.2, 0.25) is 0 Å². The standard InChI is InChI=1S/C14H16N6O/c1-8-10-6-9(7-16-11(10)19-18-8)12-17-13(20-21-12)14(15)4-2-3-5-14/h6-7H,2-5,15H2,1H3,(H,16,18,19). The molecule has 0 aromatic carbocycles. The van der Waals surface area contributed by atoms with Crippen LogP contribution in [0.25, 0.3) is 22.5 Å².